The minimum Gasteiger partial charge on any atom is -0.469 e. The van der Waals surface area contributed by atoms with Gasteiger partial charge in [0.2, 0.25) is 0 Å². The number of furan rings is 1. The molecule has 1 aromatic rings. The first-order valence-electron chi connectivity index (χ1n) is 6.58. The lowest BCUT2D eigenvalue weighted by molar-refractivity contribution is 0.0203. The smallest absolute Gasteiger partial charge is 0.106 e. The van der Waals surface area contributed by atoms with Gasteiger partial charge >= 0.3 is 0 Å². The second kappa shape index (κ2) is 5.23. The minimum atomic E-state index is -0.582. The molecule has 0 aliphatic carbocycles. The van der Waals surface area contributed by atoms with Crippen molar-refractivity contribution < 1.29 is 9.52 Å². The third-order valence-electron chi connectivity index (χ3n) is 3.77. The fourth-order valence-electron chi connectivity index (χ4n) is 2.63. The van der Waals surface area contributed by atoms with Gasteiger partial charge in [-0.2, -0.15) is 0 Å². The quantitative estimate of drug-likeness (QED) is 0.877. The van der Waals surface area contributed by atoms with Crippen molar-refractivity contribution in [3.63, 3.8) is 0 Å². The van der Waals surface area contributed by atoms with Crippen LogP contribution in [0.15, 0.2) is 22.8 Å². The summed E-state index contributed by atoms with van der Waals surface area (Å²) in [6.45, 7) is 6.51. The lowest BCUT2D eigenvalue weighted by Gasteiger charge is -2.27. The van der Waals surface area contributed by atoms with E-state index in [1.807, 2.05) is 12.1 Å². The van der Waals surface area contributed by atoms with Crippen molar-refractivity contribution >= 4 is 0 Å². The van der Waals surface area contributed by atoms with Gasteiger partial charge in [0.1, 0.15) is 5.76 Å². The van der Waals surface area contributed by atoms with Crippen molar-refractivity contribution in [2.75, 3.05) is 13.1 Å². The zero-order valence-corrected chi connectivity index (χ0v) is 10.9. The first-order chi connectivity index (χ1) is 8.09. The zero-order valence-electron chi connectivity index (χ0n) is 10.9. The van der Waals surface area contributed by atoms with Gasteiger partial charge in [0.05, 0.1) is 11.9 Å². The summed E-state index contributed by atoms with van der Waals surface area (Å²) >= 11 is 0. The number of hydrogen-bond acceptors (Lipinski definition) is 3. The largest absolute Gasteiger partial charge is 0.469 e. The van der Waals surface area contributed by atoms with Crippen LogP contribution in [0.1, 0.15) is 38.9 Å². The van der Waals surface area contributed by atoms with Gasteiger partial charge in [-0.1, -0.05) is 0 Å². The predicted octanol–water partition coefficient (Wildman–Crippen LogP) is 2.45. The average molecular weight is 237 g/mol. The Balaban J connectivity index is 1.96. The summed E-state index contributed by atoms with van der Waals surface area (Å²) in [7, 11) is 0. The molecule has 2 heterocycles. The van der Waals surface area contributed by atoms with Crippen LogP contribution < -0.4 is 0 Å². The van der Waals surface area contributed by atoms with Gasteiger partial charge in [-0.05, 0) is 51.8 Å². The fourth-order valence-corrected chi connectivity index (χ4v) is 2.63. The first kappa shape index (κ1) is 12.7. The maximum Gasteiger partial charge on any atom is 0.106 e. The Kier molecular flexibility index (Phi) is 3.89. The van der Waals surface area contributed by atoms with Crippen molar-refractivity contribution in [1.82, 2.24) is 4.90 Å². The zero-order chi connectivity index (χ0) is 12.3. The molecule has 0 radical (unpaired) electrons. The van der Waals surface area contributed by atoms with Gasteiger partial charge in [-0.25, -0.2) is 0 Å². The monoisotopic (exact) mass is 237 g/mol. The van der Waals surface area contributed by atoms with E-state index in [2.05, 4.69) is 18.7 Å². The van der Waals surface area contributed by atoms with E-state index in [1.165, 1.54) is 0 Å². The van der Waals surface area contributed by atoms with Gasteiger partial charge in [0.15, 0.2) is 0 Å². The van der Waals surface area contributed by atoms with E-state index in [4.69, 9.17) is 4.42 Å². The van der Waals surface area contributed by atoms with Gasteiger partial charge in [-0.15, -0.1) is 0 Å². The van der Waals surface area contributed by atoms with Crippen molar-refractivity contribution in [2.24, 2.45) is 0 Å². The highest BCUT2D eigenvalue weighted by Crippen LogP contribution is 2.27. The van der Waals surface area contributed by atoms with Crippen LogP contribution >= 0.6 is 0 Å². The Hall–Kier alpha value is -0.800. The molecular weight excluding hydrogens is 214 g/mol. The van der Waals surface area contributed by atoms with E-state index in [1.54, 1.807) is 6.26 Å². The van der Waals surface area contributed by atoms with Crippen molar-refractivity contribution in [1.29, 1.82) is 0 Å². The molecule has 1 saturated heterocycles. The molecule has 17 heavy (non-hydrogen) atoms. The molecule has 0 spiro atoms. The first-order valence-corrected chi connectivity index (χ1v) is 6.58. The molecule has 2 rings (SSSR count). The summed E-state index contributed by atoms with van der Waals surface area (Å²) in [6.07, 6.45) is 5.10. The topological polar surface area (TPSA) is 36.6 Å². The SMILES string of the molecule is CC(C)N1CCCC(O)(Cc2ccco2)CC1. The fraction of sp³-hybridized carbons (Fsp3) is 0.714. The Morgan fingerprint density at radius 1 is 1.41 bits per heavy atom. The van der Waals surface area contributed by atoms with Crippen molar-refractivity contribution in [3.05, 3.63) is 24.2 Å². The number of hydrogen-bond donors (Lipinski definition) is 1. The third-order valence-corrected chi connectivity index (χ3v) is 3.77. The van der Waals surface area contributed by atoms with Gasteiger partial charge in [-0.3, -0.25) is 0 Å². The van der Waals surface area contributed by atoms with E-state index in [-0.39, 0.29) is 0 Å². The summed E-state index contributed by atoms with van der Waals surface area (Å²) in [4.78, 5) is 2.44. The van der Waals surface area contributed by atoms with Crippen LogP contribution in [0.4, 0.5) is 0 Å². The van der Waals surface area contributed by atoms with Crippen molar-refractivity contribution in [2.45, 2.75) is 51.2 Å². The predicted molar refractivity (Wildman–Crippen MR) is 67.9 cm³/mol. The molecule has 3 heteroatoms. The lowest BCUT2D eigenvalue weighted by Crippen LogP contribution is -2.35. The second-order valence-corrected chi connectivity index (χ2v) is 5.46. The van der Waals surface area contributed by atoms with Gasteiger partial charge < -0.3 is 14.4 Å². The molecule has 96 valence electrons. The molecular formula is C14H23NO2. The van der Waals surface area contributed by atoms with Crippen LogP contribution in [0.2, 0.25) is 0 Å². The Bertz CT molecular complexity index is 334. The van der Waals surface area contributed by atoms with Crippen LogP contribution in [0.3, 0.4) is 0 Å². The summed E-state index contributed by atoms with van der Waals surface area (Å²) in [5.41, 5.74) is -0.582. The molecule has 0 amide bonds. The molecule has 3 nitrogen and oxygen atoms in total. The molecule has 1 fully saturated rings. The highest BCUT2D eigenvalue weighted by Gasteiger charge is 2.31. The number of likely N-dealkylation sites (tertiary alicyclic amines) is 1. The number of aliphatic hydroxyl groups is 1. The summed E-state index contributed by atoms with van der Waals surface area (Å²) in [5.74, 6) is 0.894. The van der Waals surface area contributed by atoms with E-state index in [0.29, 0.717) is 12.5 Å². The maximum absolute atomic E-state index is 10.6. The Labute approximate surface area is 103 Å². The highest BCUT2D eigenvalue weighted by molar-refractivity contribution is 5.03. The summed E-state index contributed by atoms with van der Waals surface area (Å²) < 4.78 is 5.34. The Morgan fingerprint density at radius 2 is 2.24 bits per heavy atom. The number of rotatable bonds is 3. The Morgan fingerprint density at radius 3 is 2.88 bits per heavy atom. The number of nitrogens with zero attached hydrogens (tertiary/aromatic N) is 1. The van der Waals surface area contributed by atoms with E-state index in [9.17, 15) is 5.11 Å². The lowest BCUT2D eigenvalue weighted by atomic mass is 9.90. The van der Waals surface area contributed by atoms with Crippen LogP contribution in [0.5, 0.6) is 0 Å². The maximum atomic E-state index is 10.6. The van der Waals surface area contributed by atoms with Gasteiger partial charge in [0.25, 0.3) is 0 Å². The molecule has 1 aromatic heterocycles. The molecule has 0 aromatic carbocycles. The summed E-state index contributed by atoms with van der Waals surface area (Å²) in [5, 5.41) is 10.6. The average Bonchev–Trinajstić information content (AvgIpc) is 2.67. The molecule has 1 aliphatic rings. The van der Waals surface area contributed by atoms with E-state index >= 15 is 0 Å². The molecule has 1 atom stereocenters. The standard InChI is InChI=1S/C14H23NO2/c1-12(2)15-8-4-6-14(16,7-9-15)11-13-5-3-10-17-13/h3,5,10,12,16H,4,6-9,11H2,1-2H3. The van der Waals surface area contributed by atoms with Crippen LogP contribution in [0.25, 0.3) is 0 Å². The van der Waals surface area contributed by atoms with Crippen molar-refractivity contribution in [3.8, 4) is 0 Å². The molecule has 0 bridgehead atoms. The second-order valence-electron chi connectivity index (χ2n) is 5.46. The molecule has 1 aliphatic heterocycles. The molecule has 0 saturated carbocycles. The minimum absolute atomic E-state index is 0.570. The molecule has 1 N–H and O–H groups in total. The van der Waals surface area contributed by atoms with Crippen LogP contribution in [0, 0.1) is 0 Å². The molecule has 1 unspecified atom stereocenters. The third kappa shape index (κ3) is 3.33. The van der Waals surface area contributed by atoms with E-state index in [0.717, 1.165) is 38.1 Å². The highest BCUT2D eigenvalue weighted by atomic mass is 16.3. The normalized spacial score (nSPS) is 27.3. The van der Waals surface area contributed by atoms with Crippen LogP contribution in [-0.2, 0) is 6.42 Å². The summed E-state index contributed by atoms with van der Waals surface area (Å²) in [6, 6.07) is 4.40. The van der Waals surface area contributed by atoms with Gasteiger partial charge in [0, 0.05) is 19.0 Å². The van der Waals surface area contributed by atoms with Crippen LogP contribution in [-0.4, -0.2) is 34.7 Å². The van der Waals surface area contributed by atoms with E-state index < -0.39 is 5.60 Å².